The van der Waals surface area contributed by atoms with Gasteiger partial charge in [0.05, 0.1) is 5.92 Å². The number of nitrogens with zero attached hydrogens (tertiary/aromatic N) is 1. The van der Waals surface area contributed by atoms with Gasteiger partial charge < -0.3 is 10.2 Å². The van der Waals surface area contributed by atoms with Crippen LogP contribution < -0.4 is 10.2 Å². The minimum atomic E-state index is -0.342. The molecule has 1 heterocycles. The van der Waals surface area contributed by atoms with Crippen molar-refractivity contribution >= 4 is 55.0 Å². The van der Waals surface area contributed by atoms with Crippen molar-refractivity contribution in [3.05, 3.63) is 57.5 Å². The lowest BCUT2D eigenvalue weighted by Gasteiger charge is -2.16. The summed E-state index contributed by atoms with van der Waals surface area (Å²) in [6.07, 6.45) is 0.232. The molecule has 1 fully saturated rings. The minimum absolute atomic E-state index is 0.0262. The second kappa shape index (κ2) is 6.84. The van der Waals surface area contributed by atoms with Gasteiger partial charge in [0.25, 0.3) is 0 Å². The lowest BCUT2D eigenvalue weighted by atomic mass is 10.1. The summed E-state index contributed by atoms with van der Waals surface area (Å²) in [4.78, 5) is 26.3. The van der Waals surface area contributed by atoms with E-state index in [1.165, 1.54) is 0 Å². The molecule has 2 aromatic carbocycles. The zero-order valence-electron chi connectivity index (χ0n) is 12.1. The van der Waals surface area contributed by atoms with Crippen LogP contribution >= 0.6 is 31.9 Å². The highest BCUT2D eigenvalue weighted by molar-refractivity contribution is 9.10. The molecule has 0 unspecified atom stereocenters. The van der Waals surface area contributed by atoms with Crippen LogP contribution in [-0.2, 0) is 9.59 Å². The van der Waals surface area contributed by atoms with Crippen molar-refractivity contribution in [2.75, 3.05) is 16.8 Å². The van der Waals surface area contributed by atoms with Gasteiger partial charge in [-0.15, -0.1) is 0 Å². The highest BCUT2D eigenvalue weighted by atomic mass is 79.9. The normalized spacial score (nSPS) is 17.4. The summed E-state index contributed by atoms with van der Waals surface area (Å²) >= 11 is 6.75. The standard InChI is InChI=1S/C17H14Br2N2O2/c18-12-4-6-15(7-5-12)21-10-11(8-16(21)22)17(23)20-14-3-1-2-13(19)9-14/h1-7,9,11H,8,10H2,(H,20,23)/t11-/m0/s1. The van der Waals surface area contributed by atoms with E-state index in [-0.39, 0.29) is 24.2 Å². The Kier molecular flexibility index (Phi) is 4.82. The van der Waals surface area contributed by atoms with Gasteiger partial charge in [-0.1, -0.05) is 37.9 Å². The molecule has 3 rings (SSSR count). The van der Waals surface area contributed by atoms with Crippen LogP contribution in [0, 0.1) is 5.92 Å². The summed E-state index contributed by atoms with van der Waals surface area (Å²) in [5, 5.41) is 2.87. The molecule has 2 aromatic rings. The van der Waals surface area contributed by atoms with E-state index < -0.39 is 0 Å². The topological polar surface area (TPSA) is 49.4 Å². The summed E-state index contributed by atoms with van der Waals surface area (Å²) in [5.74, 6) is -0.497. The van der Waals surface area contributed by atoms with Crippen LogP contribution in [0.25, 0.3) is 0 Å². The number of amides is 2. The Labute approximate surface area is 151 Å². The summed E-state index contributed by atoms with van der Waals surface area (Å²) in [7, 11) is 0. The Balaban J connectivity index is 1.69. The van der Waals surface area contributed by atoms with Gasteiger partial charge in [0.1, 0.15) is 0 Å². The molecule has 118 valence electrons. The van der Waals surface area contributed by atoms with Crippen LogP contribution in [0.5, 0.6) is 0 Å². The average molecular weight is 438 g/mol. The van der Waals surface area contributed by atoms with Gasteiger partial charge in [0.15, 0.2) is 0 Å². The average Bonchev–Trinajstić information content (AvgIpc) is 2.90. The monoisotopic (exact) mass is 436 g/mol. The third-order valence-electron chi connectivity index (χ3n) is 3.73. The molecule has 1 N–H and O–H groups in total. The van der Waals surface area contributed by atoms with Crippen molar-refractivity contribution in [2.24, 2.45) is 5.92 Å². The first kappa shape index (κ1) is 16.2. The first-order chi connectivity index (χ1) is 11.0. The number of hydrogen-bond donors (Lipinski definition) is 1. The number of halogens is 2. The molecule has 0 bridgehead atoms. The van der Waals surface area contributed by atoms with Gasteiger partial charge in [-0.2, -0.15) is 0 Å². The van der Waals surface area contributed by atoms with Gasteiger partial charge in [0.2, 0.25) is 11.8 Å². The number of carbonyl (C=O) groups excluding carboxylic acids is 2. The molecule has 1 saturated heterocycles. The molecule has 1 aliphatic rings. The second-order valence-electron chi connectivity index (χ2n) is 5.38. The fourth-order valence-electron chi connectivity index (χ4n) is 2.56. The molecule has 1 aliphatic heterocycles. The van der Waals surface area contributed by atoms with Crippen molar-refractivity contribution < 1.29 is 9.59 Å². The molecular formula is C17H14Br2N2O2. The fourth-order valence-corrected chi connectivity index (χ4v) is 3.23. The Morgan fingerprint density at radius 2 is 1.83 bits per heavy atom. The van der Waals surface area contributed by atoms with Crippen molar-refractivity contribution in [3.63, 3.8) is 0 Å². The molecular weight excluding hydrogens is 424 g/mol. The molecule has 6 heteroatoms. The Hall–Kier alpha value is -1.66. The van der Waals surface area contributed by atoms with Crippen LogP contribution in [-0.4, -0.2) is 18.4 Å². The van der Waals surface area contributed by atoms with E-state index in [4.69, 9.17) is 0 Å². The van der Waals surface area contributed by atoms with E-state index in [9.17, 15) is 9.59 Å². The quantitative estimate of drug-likeness (QED) is 0.782. The van der Waals surface area contributed by atoms with Gasteiger partial charge in [-0.25, -0.2) is 0 Å². The van der Waals surface area contributed by atoms with Crippen LogP contribution in [0.3, 0.4) is 0 Å². The molecule has 4 nitrogen and oxygen atoms in total. The molecule has 0 saturated carbocycles. The SMILES string of the molecule is O=C(Nc1cccc(Br)c1)[C@H]1CC(=O)N(c2ccc(Br)cc2)C1. The third kappa shape index (κ3) is 3.82. The van der Waals surface area contributed by atoms with Crippen LogP contribution in [0.15, 0.2) is 57.5 Å². The van der Waals surface area contributed by atoms with E-state index in [1.54, 1.807) is 4.90 Å². The Bertz CT molecular complexity index is 747. The second-order valence-corrected chi connectivity index (χ2v) is 7.21. The van der Waals surface area contributed by atoms with Crippen LogP contribution in [0.1, 0.15) is 6.42 Å². The van der Waals surface area contributed by atoms with E-state index in [0.717, 1.165) is 20.3 Å². The molecule has 0 spiro atoms. The zero-order chi connectivity index (χ0) is 16.4. The van der Waals surface area contributed by atoms with E-state index >= 15 is 0 Å². The molecule has 1 atom stereocenters. The van der Waals surface area contributed by atoms with E-state index in [1.807, 2.05) is 48.5 Å². The van der Waals surface area contributed by atoms with Crippen molar-refractivity contribution in [2.45, 2.75) is 6.42 Å². The van der Waals surface area contributed by atoms with Crippen LogP contribution in [0.4, 0.5) is 11.4 Å². The predicted octanol–water partition coefficient (Wildman–Crippen LogP) is 4.20. The maximum atomic E-state index is 12.4. The van der Waals surface area contributed by atoms with Crippen molar-refractivity contribution in [3.8, 4) is 0 Å². The Morgan fingerprint density at radius 1 is 1.09 bits per heavy atom. The maximum Gasteiger partial charge on any atom is 0.229 e. The Morgan fingerprint density at radius 3 is 2.52 bits per heavy atom. The van der Waals surface area contributed by atoms with Crippen molar-refractivity contribution in [1.82, 2.24) is 0 Å². The van der Waals surface area contributed by atoms with E-state index in [2.05, 4.69) is 37.2 Å². The summed E-state index contributed by atoms with van der Waals surface area (Å²) < 4.78 is 1.85. The maximum absolute atomic E-state index is 12.4. The van der Waals surface area contributed by atoms with Gasteiger partial charge in [-0.3, -0.25) is 9.59 Å². The summed E-state index contributed by atoms with van der Waals surface area (Å²) in [6, 6.07) is 14.9. The minimum Gasteiger partial charge on any atom is -0.326 e. The van der Waals surface area contributed by atoms with Gasteiger partial charge in [-0.05, 0) is 42.5 Å². The van der Waals surface area contributed by atoms with E-state index in [0.29, 0.717) is 6.54 Å². The highest BCUT2D eigenvalue weighted by Crippen LogP contribution is 2.27. The molecule has 0 aromatic heterocycles. The highest BCUT2D eigenvalue weighted by Gasteiger charge is 2.35. The largest absolute Gasteiger partial charge is 0.326 e. The third-order valence-corrected chi connectivity index (χ3v) is 4.75. The smallest absolute Gasteiger partial charge is 0.229 e. The van der Waals surface area contributed by atoms with Gasteiger partial charge in [0, 0.05) is 33.3 Å². The first-order valence-corrected chi connectivity index (χ1v) is 8.74. The number of anilines is 2. The summed E-state index contributed by atoms with van der Waals surface area (Å²) in [6.45, 7) is 0.403. The lowest BCUT2D eigenvalue weighted by molar-refractivity contribution is -0.122. The zero-order valence-corrected chi connectivity index (χ0v) is 15.3. The van der Waals surface area contributed by atoms with Gasteiger partial charge >= 0.3 is 0 Å². The number of rotatable bonds is 3. The molecule has 2 amide bonds. The number of nitrogens with one attached hydrogen (secondary N) is 1. The summed E-state index contributed by atoms with van der Waals surface area (Å²) in [5.41, 5.74) is 1.54. The number of benzene rings is 2. The number of carbonyl (C=O) groups is 2. The molecule has 23 heavy (non-hydrogen) atoms. The van der Waals surface area contributed by atoms with Crippen molar-refractivity contribution in [1.29, 1.82) is 0 Å². The molecule has 0 radical (unpaired) electrons. The molecule has 0 aliphatic carbocycles. The van der Waals surface area contributed by atoms with Crippen LogP contribution in [0.2, 0.25) is 0 Å². The lowest BCUT2D eigenvalue weighted by Crippen LogP contribution is -2.28. The predicted molar refractivity (Wildman–Crippen MR) is 97.4 cm³/mol. The first-order valence-electron chi connectivity index (χ1n) is 7.15. The number of hydrogen-bond acceptors (Lipinski definition) is 2. The fraction of sp³-hybridized carbons (Fsp3) is 0.176.